The molecular weight excluding hydrogens is 204 g/mol. The lowest BCUT2D eigenvalue weighted by atomic mass is 10.1. The van der Waals surface area contributed by atoms with Crippen LogP contribution in [0.15, 0.2) is 48.6 Å². The highest BCUT2D eigenvalue weighted by molar-refractivity contribution is 5.85. The van der Waals surface area contributed by atoms with Crippen molar-refractivity contribution in [1.29, 1.82) is 0 Å². The first-order valence-corrected chi connectivity index (χ1v) is 4.92. The highest BCUT2D eigenvalue weighted by Gasteiger charge is 2.08. The van der Waals surface area contributed by atoms with Crippen molar-refractivity contribution in [2.45, 2.75) is 12.5 Å². The fourth-order valence-corrected chi connectivity index (χ4v) is 1.19. The maximum atomic E-state index is 10.5. The van der Waals surface area contributed by atoms with Crippen molar-refractivity contribution < 1.29 is 15.0 Å². The van der Waals surface area contributed by atoms with Crippen LogP contribution in [-0.2, 0) is 4.79 Å². The molecule has 1 aromatic rings. The number of hydrogen-bond donors (Lipinski definition) is 2. The van der Waals surface area contributed by atoms with Gasteiger partial charge in [-0.2, -0.15) is 0 Å². The highest BCUT2D eigenvalue weighted by atomic mass is 16.4. The minimum absolute atomic E-state index is 0.00483. The lowest BCUT2D eigenvalue weighted by Gasteiger charge is -2.04. The van der Waals surface area contributed by atoms with Crippen molar-refractivity contribution in [2.75, 3.05) is 0 Å². The van der Waals surface area contributed by atoms with Crippen LogP contribution >= 0.6 is 0 Å². The SMILES string of the molecule is C=C(CC(O)C=Cc1ccccc1)C(=O)O. The summed E-state index contributed by atoms with van der Waals surface area (Å²) in [5.74, 6) is -1.08. The number of aliphatic hydroxyl groups excluding tert-OH is 1. The van der Waals surface area contributed by atoms with Gasteiger partial charge in [-0.3, -0.25) is 0 Å². The molecule has 0 saturated heterocycles. The minimum atomic E-state index is -1.08. The van der Waals surface area contributed by atoms with E-state index >= 15 is 0 Å². The zero-order valence-electron chi connectivity index (χ0n) is 8.84. The molecular formula is C13H14O3. The summed E-state index contributed by atoms with van der Waals surface area (Å²) in [5, 5.41) is 18.1. The van der Waals surface area contributed by atoms with Gasteiger partial charge in [0.2, 0.25) is 0 Å². The number of aliphatic carboxylic acids is 1. The van der Waals surface area contributed by atoms with Gasteiger partial charge in [-0.15, -0.1) is 0 Å². The number of carbonyl (C=O) groups is 1. The summed E-state index contributed by atoms with van der Waals surface area (Å²) in [6.07, 6.45) is 2.53. The van der Waals surface area contributed by atoms with Crippen molar-refractivity contribution in [3.8, 4) is 0 Å². The van der Waals surface area contributed by atoms with E-state index in [-0.39, 0.29) is 12.0 Å². The molecule has 0 saturated carbocycles. The normalized spacial score (nSPS) is 12.6. The molecule has 0 radical (unpaired) electrons. The second kappa shape index (κ2) is 5.88. The molecule has 0 amide bonds. The molecule has 0 aliphatic heterocycles. The van der Waals surface area contributed by atoms with E-state index in [9.17, 15) is 9.90 Å². The zero-order chi connectivity index (χ0) is 12.0. The third kappa shape index (κ3) is 4.11. The molecule has 84 valence electrons. The van der Waals surface area contributed by atoms with Gasteiger partial charge in [0, 0.05) is 12.0 Å². The largest absolute Gasteiger partial charge is 0.478 e. The summed E-state index contributed by atoms with van der Waals surface area (Å²) < 4.78 is 0. The van der Waals surface area contributed by atoms with Crippen molar-refractivity contribution in [3.05, 3.63) is 54.1 Å². The number of benzene rings is 1. The monoisotopic (exact) mass is 218 g/mol. The van der Waals surface area contributed by atoms with E-state index in [1.165, 1.54) is 0 Å². The summed E-state index contributed by atoms with van der Waals surface area (Å²) in [6.45, 7) is 3.36. The Hall–Kier alpha value is -1.87. The fraction of sp³-hybridized carbons (Fsp3) is 0.154. The van der Waals surface area contributed by atoms with Crippen LogP contribution in [-0.4, -0.2) is 22.3 Å². The number of rotatable bonds is 5. The van der Waals surface area contributed by atoms with Gasteiger partial charge in [-0.25, -0.2) is 4.79 Å². The number of hydrogen-bond acceptors (Lipinski definition) is 2. The Labute approximate surface area is 94.4 Å². The van der Waals surface area contributed by atoms with E-state index < -0.39 is 12.1 Å². The minimum Gasteiger partial charge on any atom is -0.478 e. The molecule has 0 aliphatic carbocycles. The Bertz CT molecular complexity index is 393. The van der Waals surface area contributed by atoms with Gasteiger partial charge >= 0.3 is 5.97 Å². The Morgan fingerprint density at radius 2 is 2.00 bits per heavy atom. The molecule has 0 heterocycles. The molecule has 1 aromatic carbocycles. The van der Waals surface area contributed by atoms with Gasteiger partial charge in [-0.1, -0.05) is 49.1 Å². The maximum Gasteiger partial charge on any atom is 0.331 e. The van der Waals surface area contributed by atoms with E-state index in [1.54, 1.807) is 12.2 Å². The molecule has 1 rings (SSSR count). The topological polar surface area (TPSA) is 57.5 Å². The smallest absolute Gasteiger partial charge is 0.331 e. The predicted molar refractivity (Wildman–Crippen MR) is 62.9 cm³/mol. The third-order valence-corrected chi connectivity index (χ3v) is 2.07. The Morgan fingerprint density at radius 1 is 1.38 bits per heavy atom. The van der Waals surface area contributed by atoms with Gasteiger partial charge in [0.05, 0.1) is 6.10 Å². The van der Waals surface area contributed by atoms with Crippen molar-refractivity contribution in [3.63, 3.8) is 0 Å². The van der Waals surface area contributed by atoms with E-state index in [0.29, 0.717) is 0 Å². The molecule has 3 nitrogen and oxygen atoms in total. The molecule has 1 atom stereocenters. The Kier molecular flexibility index (Phi) is 4.48. The molecule has 16 heavy (non-hydrogen) atoms. The van der Waals surface area contributed by atoms with Crippen molar-refractivity contribution in [1.82, 2.24) is 0 Å². The predicted octanol–water partition coefficient (Wildman–Crippen LogP) is 2.09. The van der Waals surface area contributed by atoms with E-state index in [1.807, 2.05) is 30.3 Å². The number of carboxylic acids is 1. The highest BCUT2D eigenvalue weighted by Crippen LogP contribution is 2.07. The second-order valence-corrected chi connectivity index (χ2v) is 3.45. The quantitative estimate of drug-likeness (QED) is 0.744. The van der Waals surface area contributed by atoms with Gasteiger partial charge in [0.1, 0.15) is 0 Å². The van der Waals surface area contributed by atoms with Crippen LogP contribution in [0.1, 0.15) is 12.0 Å². The lowest BCUT2D eigenvalue weighted by molar-refractivity contribution is -0.133. The van der Waals surface area contributed by atoms with Crippen LogP contribution in [0.4, 0.5) is 0 Å². The van der Waals surface area contributed by atoms with Crippen LogP contribution in [0.2, 0.25) is 0 Å². The van der Waals surface area contributed by atoms with E-state index in [4.69, 9.17) is 5.11 Å². The second-order valence-electron chi connectivity index (χ2n) is 3.45. The van der Waals surface area contributed by atoms with Gasteiger partial charge in [0.15, 0.2) is 0 Å². The third-order valence-electron chi connectivity index (χ3n) is 2.07. The molecule has 0 aromatic heterocycles. The summed E-state index contributed by atoms with van der Waals surface area (Å²) in [6, 6.07) is 9.48. The molecule has 0 fully saturated rings. The van der Waals surface area contributed by atoms with Crippen LogP contribution in [0, 0.1) is 0 Å². The summed E-state index contributed by atoms with van der Waals surface area (Å²) in [5.41, 5.74) is 0.965. The summed E-state index contributed by atoms with van der Waals surface area (Å²) in [7, 11) is 0. The van der Waals surface area contributed by atoms with Gasteiger partial charge in [0.25, 0.3) is 0 Å². The van der Waals surface area contributed by atoms with Crippen LogP contribution in [0.3, 0.4) is 0 Å². The first-order chi connectivity index (χ1) is 7.59. The van der Waals surface area contributed by atoms with Gasteiger partial charge < -0.3 is 10.2 Å². The lowest BCUT2D eigenvalue weighted by Crippen LogP contribution is -2.08. The first kappa shape index (κ1) is 12.2. The maximum absolute atomic E-state index is 10.5. The molecule has 0 bridgehead atoms. The van der Waals surface area contributed by atoms with Gasteiger partial charge in [-0.05, 0) is 5.56 Å². The molecule has 3 heteroatoms. The first-order valence-electron chi connectivity index (χ1n) is 4.92. The van der Waals surface area contributed by atoms with Crippen LogP contribution in [0.5, 0.6) is 0 Å². The fourth-order valence-electron chi connectivity index (χ4n) is 1.19. The Morgan fingerprint density at radius 3 is 2.56 bits per heavy atom. The average molecular weight is 218 g/mol. The van der Waals surface area contributed by atoms with E-state index in [0.717, 1.165) is 5.56 Å². The molecule has 0 spiro atoms. The number of aliphatic hydroxyl groups is 1. The number of carboxylic acid groups (broad SMARTS) is 1. The molecule has 0 aliphatic rings. The summed E-state index contributed by atoms with van der Waals surface area (Å²) in [4.78, 5) is 10.5. The summed E-state index contributed by atoms with van der Waals surface area (Å²) >= 11 is 0. The Balaban J connectivity index is 2.52. The zero-order valence-corrected chi connectivity index (χ0v) is 8.84. The van der Waals surface area contributed by atoms with Crippen LogP contribution < -0.4 is 0 Å². The van der Waals surface area contributed by atoms with E-state index in [2.05, 4.69) is 6.58 Å². The van der Waals surface area contributed by atoms with Crippen LogP contribution in [0.25, 0.3) is 6.08 Å². The standard InChI is InChI=1S/C13H14O3/c1-10(13(15)16)9-12(14)8-7-11-5-3-2-4-6-11/h2-8,12,14H,1,9H2,(H,15,16). The van der Waals surface area contributed by atoms with Crippen molar-refractivity contribution in [2.24, 2.45) is 0 Å². The molecule has 1 unspecified atom stereocenters. The average Bonchev–Trinajstić information content (AvgIpc) is 2.27. The molecule has 2 N–H and O–H groups in total. The van der Waals surface area contributed by atoms with Crippen molar-refractivity contribution >= 4 is 12.0 Å².